The third kappa shape index (κ3) is 7.59. The lowest BCUT2D eigenvalue weighted by atomic mass is 10.0. The smallest absolute Gasteiger partial charge is 0.0656 e. The molecule has 2 nitrogen and oxygen atoms in total. The van der Waals surface area contributed by atoms with Crippen LogP contribution in [0.4, 0.5) is 17.1 Å². The van der Waals surface area contributed by atoms with Crippen LogP contribution >= 0.6 is 0 Å². The predicted molar refractivity (Wildman–Crippen MR) is 195 cm³/mol. The zero-order valence-electron chi connectivity index (χ0n) is 26.0. The molecule has 0 radical (unpaired) electrons. The average Bonchev–Trinajstić information content (AvgIpc) is 3.13. The summed E-state index contributed by atoms with van der Waals surface area (Å²) in [5, 5.41) is 9.26. The zero-order valence-corrected chi connectivity index (χ0v) is 26.0. The fourth-order valence-corrected chi connectivity index (χ4v) is 5.55. The highest BCUT2D eigenvalue weighted by atomic mass is 15.1. The molecular weight excluding hydrogens is 556 g/mol. The van der Waals surface area contributed by atoms with Gasteiger partial charge in [-0.05, 0) is 88.7 Å². The number of rotatable bonds is 10. The quantitative estimate of drug-likeness (QED) is 0.148. The van der Waals surface area contributed by atoms with Crippen molar-refractivity contribution in [1.82, 2.24) is 0 Å². The molecule has 0 N–H and O–H groups in total. The number of anilines is 3. The van der Waals surface area contributed by atoms with Crippen LogP contribution in [0.25, 0.3) is 34.4 Å². The van der Waals surface area contributed by atoms with Crippen molar-refractivity contribution in [3.8, 4) is 28.3 Å². The van der Waals surface area contributed by atoms with Crippen LogP contribution in [0.1, 0.15) is 23.6 Å². The van der Waals surface area contributed by atoms with Gasteiger partial charge in [-0.3, -0.25) is 0 Å². The van der Waals surface area contributed by atoms with Crippen molar-refractivity contribution in [2.24, 2.45) is 5.92 Å². The minimum Gasteiger partial charge on any atom is -0.311 e. The van der Waals surface area contributed by atoms with Crippen LogP contribution in [0, 0.1) is 17.2 Å². The SMILES string of the molecule is CC(C#N)Cc1ccc(N(c2ccc(/C=C/C=C/c3ccc(-c4ccccc4)cc3)cc2)c2ccc(-c3ccccc3)cc2)cc1. The molecule has 0 spiro atoms. The van der Waals surface area contributed by atoms with Crippen LogP contribution in [0.2, 0.25) is 0 Å². The Morgan fingerprint density at radius 3 is 1.33 bits per heavy atom. The number of hydrogen-bond donors (Lipinski definition) is 0. The Bertz CT molecular complexity index is 1930. The van der Waals surface area contributed by atoms with Crippen molar-refractivity contribution >= 4 is 29.2 Å². The summed E-state index contributed by atoms with van der Waals surface area (Å²) >= 11 is 0. The first-order chi connectivity index (χ1) is 22.7. The average molecular weight is 593 g/mol. The van der Waals surface area contributed by atoms with E-state index in [2.05, 4.69) is 181 Å². The summed E-state index contributed by atoms with van der Waals surface area (Å²) in [6.45, 7) is 1.96. The van der Waals surface area contributed by atoms with E-state index in [1.807, 2.05) is 19.1 Å². The summed E-state index contributed by atoms with van der Waals surface area (Å²) in [7, 11) is 0. The maximum Gasteiger partial charge on any atom is 0.0656 e. The monoisotopic (exact) mass is 592 g/mol. The first-order valence-corrected chi connectivity index (χ1v) is 15.7. The molecule has 0 saturated heterocycles. The molecule has 0 aromatic heterocycles. The first kappa shape index (κ1) is 30.1. The second-order valence-corrected chi connectivity index (χ2v) is 11.4. The van der Waals surface area contributed by atoms with Gasteiger partial charge >= 0.3 is 0 Å². The first-order valence-electron chi connectivity index (χ1n) is 15.7. The molecule has 0 aliphatic heterocycles. The molecule has 0 aliphatic rings. The topological polar surface area (TPSA) is 27.0 Å². The minimum atomic E-state index is -0.0110. The lowest BCUT2D eigenvalue weighted by Crippen LogP contribution is -2.10. The fraction of sp³-hybridized carbons (Fsp3) is 0.0682. The van der Waals surface area contributed by atoms with Gasteiger partial charge in [-0.1, -0.05) is 146 Å². The number of benzene rings is 6. The molecule has 222 valence electrons. The molecule has 0 bridgehead atoms. The largest absolute Gasteiger partial charge is 0.311 e. The summed E-state index contributed by atoms with van der Waals surface area (Å²) in [6, 6.07) is 57.8. The molecule has 0 saturated carbocycles. The summed E-state index contributed by atoms with van der Waals surface area (Å²) in [5.74, 6) is -0.0110. The van der Waals surface area contributed by atoms with Gasteiger partial charge in [0.2, 0.25) is 0 Å². The van der Waals surface area contributed by atoms with Crippen molar-refractivity contribution in [2.75, 3.05) is 4.90 Å². The highest BCUT2D eigenvalue weighted by Crippen LogP contribution is 2.36. The van der Waals surface area contributed by atoms with Crippen molar-refractivity contribution in [3.63, 3.8) is 0 Å². The molecule has 6 aromatic carbocycles. The maximum absolute atomic E-state index is 9.26. The van der Waals surface area contributed by atoms with Crippen molar-refractivity contribution in [3.05, 3.63) is 187 Å². The van der Waals surface area contributed by atoms with Crippen LogP contribution in [-0.2, 0) is 6.42 Å². The number of allylic oxidation sites excluding steroid dienone is 2. The Kier molecular flexibility index (Phi) is 9.64. The van der Waals surface area contributed by atoms with Gasteiger partial charge in [-0.15, -0.1) is 0 Å². The van der Waals surface area contributed by atoms with E-state index in [-0.39, 0.29) is 5.92 Å². The van der Waals surface area contributed by atoms with E-state index in [0.29, 0.717) is 0 Å². The molecule has 0 heterocycles. The Morgan fingerprint density at radius 2 is 0.870 bits per heavy atom. The van der Waals surface area contributed by atoms with Gasteiger partial charge in [-0.2, -0.15) is 5.26 Å². The lowest BCUT2D eigenvalue weighted by molar-refractivity contribution is 0.739. The number of nitriles is 1. The highest BCUT2D eigenvalue weighted by Gasteiger charge is 2.13. The van der Waals surface area contributed by atoms with Gasteiger partial charge in [0, 0.05) is 23.0 Å². The third-order valence-electron chi connectivity index (χ3n) is 8.05. The summed E-state index contributed by atoms with van der Waals surface area (Å²) < 4.78 is 0. The lowest BCUT2D eigenvalue weighted by Gasteiger charge is -2.26. The van der Waals surface area contributed by atoms with Gasteiger partial charge in [0.05, 0.1) is 6.07 Å². The van der Waals surface area contributed by atoms with Crippen LogP contribution in [0.5, 0.6) is 0 Å². The van der Waals surface area contributed by atoms with Crippen LogP contribution in [0.3, 0.4) is 0 Å². The molecule has 1 atom stereocenters. The fourth-order valence-electron chi connectivity index (χ4n) is 5.55. The van der Waals surface area contributed by atoms with E-state index in [1.165, 1.54) is 27.8 Å². The van der Waals surface area contributed by atoms with Gasteiger partial charge in [-0.25, -0.2) is 0 Å². The van der Waals surface area contributed by atoms with Gasteiger partial charge in [0.15, 0.2) is 0 Å². The summed E-state index contributed by atoms with van der Waals surface area (Å²) in [5.41, 5.74) is 11.5. The zero-order chi connectivity index (χ0) is 31.6. The summed E-state index contributed by atoms with van der Waals surface area (Å²) in [6.07, 6.45) is 9.17. The van der Waals surface area contributed by atoms with E-state index < -0.39 is 0 Å². The van der Waals surface area contributed by atoms with E-state index in [1.54, 1.807) is 0 Å². The molecule has 46 heavy (non-hydrogen) atoms. The van der Waals surface area contributed by atoms with Gasteiger partial charge in [0.1, 0.15) is 0 Å². The summed E-state index contributed by atoms with van der Waals surface area (Å²) in [4.78, 5) is 2.28. The van der Waals surface area contributed by atoms with Crippen molar-refractivity contribution in [1.29, 1.82) is 5.26 Å². The van der Waals surface area contributed by atoms with Gasteiger partial charge in [0.25, 0.3) is 0 Å². The molecule has 6 aromatic rings. The molecular formula is C44H36N2. The standard InChI is InChI=1S/C44H36N2/c1-34(33-45)32-37-20-28-43(29-21-37)46(44-30-24-41(25-31-44)39-14-6-3-7-15-39)42-26-18-36(19-27-42)11-9-8-10-35-16-22-40(23-17-35)38-12-4-2-5-13-38/h2-31,34H,32H2,1H3/b10-8+,11-9+. The number of nitrogens with zero attached hydrogens (tertiary/aromatic N) is 2. The minimum absolute atomic E-state index is 0.0110. The maximum atomic E-state index is 9.26. The molecule has 2 heteroatoms. The van der Waals surface area contributed by atoms with Gasteiger partial charge < -0.3 is 4.90 Å². The normalized spacial score (nSPS) is 11.8. The second-order valence-electron chi connectivity index (χ2n) is 11.4. The molecule has 0 fully saturated rings. The predicted octanol–water partition coefficient (Wildman–Crippen LogP) is 11.9. The molecule has 1 unspecified atom stereocenters. The Morgan fingerprint density at radius 1 is 0.500 bits per heavy atom. The second kappa shape index (κ2) is 14.7. The Balaban J connectivity index is 1.20. The molecule has 0 aliphatic carbocycles. The molecule has 0 amide bonds. The van der Waals surface area contributed by atoms with Crippen LogP contribution < -0.4 is 4.90 Å². The van der Waals surface area contributed by atoms with Crippen LogP contribution in [-0.4, -0.2) is 0 Å². The van der Waals surface area contributed by atoms with E-state index in [0.717, 1.165) is 34.6 Å². The van der Waals surface area contributed by atoms with Crippen LogP contribution in [0.15, 0.2) is 170 Å². The molecule has 6 rings (SSSR count). The highest BCUT2D eigenvalue weighted by molar-refractivity contribution is 5.79. The van der Waals surface area contributed by atoms with E-state index >= 15 is 0 Å². The van der Waals surface area contributed by atoms with E-state index in [9.17, 15) is 5.26 Å². The third-order valence-corrected chi connectivity index (χ3v) is 8.05. The Labute approximate surface area is 272 Å². The van der Waals surface area contributed by atoms with E-state index in [4.69, 9.17) is 0 Å². The van der Waals surface area contributed by atoms with Crippen molar-refractivity contribution in [2.45, 2.75) is 13.3 Å². The Hall–Kier alpha value is -5.91. The number of hydrogen-bond acceptors (Lipinski definition) is 2. The van der Waals surface area contributed by atoms with Crippen molar-refractivity contribution < 1.29 is 0 Å².